The van der Waals surface area contributed by atoms with Gasteiger partial charge in [0.15, 0.2) is 11.0 Å². The topological polar surface area (TPSA) is 85.7 Å². The van der Waals surface area contributed by atoms with Crippen molar-refractivity contribution in [1.82, 2.24) is 24.7 Å². The molecule has 0 saturated heterocycles. The van der Waals surface area contributed by atoms with E-state index < -0.39 is 0 Å². The molecule has 0 saturated carbocycles. The average molecular weight is 444 g/mol. The number of fused-ring (bicyclic) bond motifs is 2. The van der Waals surface area contributed by atoms with Crippen molar-refractivity contribution in [2.45, 2.75) is 24.4 Å². The van der Waals surface area contributed by atoms with Crippen LogP contribution in [-0.4, -0.2) is 24.7 Å². The Morgan fingerprint density at radius 3 is 2.66 bits per heavy atom. The van der Waals surface area contributed by atoms with Gasteiger partial charge in [0, 0.05) is 7.05 Å². The summed E-state index contributed by atoms with van der Waals surface area (Å²) in [6, 6.07) is 19.6. The number of nitrogens with zero attached hydrogens (tertiary/aromatic N) is 4. The monoisotopic (exact) mass is 443 g/mol. The number of rotatable bonds is 6. The number of aromatic amines is 1. The Morgan fingerprint density at radius 2 is 1.78 bits per heavy atom. The van der Waals surface area contributed by atoms with Gasteiger partial charge in [-0.2, -0.15) is 0 Å². The van der Waals surface area contributed by atoms with E-state index in [4.69, 9.17) is 4.74 Å². The van der Waals surface area contributed by atoms with Gasteiger partial charge in [-0.3, -0.25) is 4.79 Å². The molecule has 0 unspecified atom stereocenters. The van der Waals surface area contributed by atoms with Crippen LogP contribution < -0.4 is 10.3 Å². The molecular formula is C24H21N5O2S. The number of aromatic nitrogens is 5. The van der Waals surface area contributed by atoms with Crippen LogP contribution in [-0.2, 0) is 19.4 Å². The highest BCUT2D eigenvalue weighted by molar-refractivity contribution is 7.98. The molecule has 5 aromatic rings. The predicted octanol–water partition coefficient (Wildman–Crippen LogP) is 4.38. The number of nitrogens with one attached hydrogen (secondary N) is 1. The highest BCUT2D eigenvalue weighted by Crippen LogP contribution is 2.28. The molecular weight excluding hydrogens is 422 g/mol. The summed E-state index contributed by atoms with van der Waals surface area (Å²) in [5, 5.41) is 12.2. The molecule has 32 heavy (non-hydrogen) atoms. The summed E-state index contributed by atoms with van der Waals surface area (Å²) in [6.07, 6.45) is 0. The van der Waals surface area contributed by atoms with Crippen LogP contribution in [0.25, 0.3) is 21.7 Å². The Labute approximate surface area is 188 Å². The Hall–Kier alpha value is -3.65. The van der Waals surface area contributed by atoms with Gasteiger partial charge in [-0.1, -0.05) is 54.2 Å². The SMILES string of the molecule is Cc1c(OCc2nnc(SCc3nc4ccccc4c(=O)[nH]3)n2C)ccc2ccccc12. The smallest absolute Gasteiger partial charge is 0.258 e. The molecule has 8 heteroatoms. The summed E-state index contributed by atoms with van der Waals surface area (Å²) in [6.45, 7) is 2.38. The maximum Gasteiger partial charge on any atom is 0.258 e. The zero-order valence-electron chi connectivity index (χ0n) is 17.7. The highest BCUT2D eigenvalue weighted by Gasteiger charge is 2.13. The second kappa shape index (κ2) is 8.47. The molecule has 2 heterocycles. The first-order valence-electron chi connectivity index (χ1n) is 10.2. The van der Waals surface area contributed by atoms with Crippen LogP contribution in [0.4, 0.5) is 0 Å². The Bertz CT molecular complexity index is 1490. The lowest BCUT2D eigenvalue weighted by Gasteiger charge is -2.11. The molecule has 7 nitrogen and oxygen atoms in total. The molecule has 0 atom stereocenters. The van der Waals surface area contributed by atoms with Crippen LogP contribution >= 0.6 is 11.8 Å². The van der Waals surface area contributed by atoms with Crippen molar-refractivity contribution in [2.75, 3.05) is 0 Å². The van der Waals surface area contributed by atoms with Crippen LogP contribution in [0.5, 0.6) is 5.75 Å². The van der Waals surface area contributed by atoms with Crippen molar-refractivity contribution in [3.63, 3.8) is 0 Å². The highest BCUT2D eigenvalue weighted by atomic mass is 32.2. The number of hydrogen-bond acceptors (Lipinski definition) is 6. The number of aryl methyl sites for hydroxylation is 1. The first kappa shape index (κ1) is 20.3. The first-order chi connectivity index (χ1) is 15.6. The molecule has 0 aliphatic heterocycles. The molecule has 3 aromatic carbocycles. The third-order valence-electron chi connectivity index (χ3n) is 5.43. The lowest BCUT2D eigenvalue weighted by atomic mass is 10.0. The van der Waals surface area contributed by atoms with Crippen LogP contribution in [0.3, 0.4) is 0 Å². The number of thioether (sulfide) groups is 1. The van der Waals surface area contributed by atoms with Gasteiger partial charge in [0.25, 0.3) is 5.56 Å². The number of hydrogen-bond donors (Lipinski definition) is 1. The van der Waals surface area contributed by atoms with Crippen molar-refractivity contribution in [3.8, 4) is 5.75 Å². The van der Waals surface area contributed by atoms with Gasteiger partial charge in [0.2, 0.25) is 0 Å². The fraction of sp³-hybridized carbons (Fsp3) is 0.167. The van der Waals surface area contributed by atoms with E-state index in [0.717, 1.165) is 22.3 Å². The Balaban J connectivity index is 1.29. The minimum absolute atomic E-state index is 0.135. The van der Waals surface area contributed by atoms with E-state index in [1.54, 1.807) is 6.07 Å². The maximum atomic E-state index is 12.3. The van der Waals surface area contributed by atoms with Gasteiger partial charge in [-0.25, -0.2) is 4.98 Å². The second-order valence-electron chi connectivity index (χ2n) is 7.47. The molecule has 0 spiro atoms. The van der Waals surface area contributed by atoms with Gasteiger partial charge in [-0.05, 0) is 41.5 Å². The van der Waals surface area contributed by atoms with Crippen LogP contribution in [0.2, 0.25) is 0 Å². The van der Waals surface area contributed by atoms with Gasteiger partial charge in [-0.15, -0.1) is 10.2 Å². The normalized spacial score (nSPS) is 11.3. The molecule has 0 aliphatic carbocycles. The molecule has 160 valence electrons. The van der Waals surface area contributed by atoms with Gasteiger partial charge in [0.05, 0.1) is 16.7 Å². The molecule has 0 bridgehead atoms. The molecule has 0 amide bonds. The lowest BCUT2D eigenvalue weighted by Crippen LogP contribution is -2.11. The molecule has 0 aliphatic rings. The van der Waals surface area contributed by atoms with Gasteiger partial charge >= 0.3 is 0 Å². The minimum Gasteiger partial charge on any atom is -0.485 e. The Kier molecular flexibility index (Phi) is 5.36. The number of H-pyrrole nitrogens is 1. The molecule has 5 rings (SSSR count). The molecule has 0 radical (unpaired) electrons. The third kappa shape index (κ3) is 3.85. The summed E-state index contributed by atoms with van der Waals surface area (Å²) in [5.74, 6) is 2.64. The van der Waals surface area contributed by atoms with Crippen molar-refractivity contribution in [2.24, 2.45) is 7.05 Å². The summed E-state index contributed by atoms with van der Waals surface area (Å²) < 4.78 is 7.96. The van der Waals surface area contributed by atoms with Crippen LogP contribution in [0.1, 0.15) is 17.2 Å². The number of para-hydroxylation sites is 1. The second-order valence-corrected chi connectivity index (χ2v) is 8.42. The summed E-state index contributed by atoms with van der Waals surface area (Å²) in [4.78, 5) is 19.6. The zero-order chi connectivity index (χ0) is 22.1. The fourth-order valence-electron chi connectivity index (χ4n) is 3.64. The van der Waals surface area contributed by atoms with Crippen molar-refractivity contribution < 1.29 is 4.74 Å². The largest absolute Gasteiger partial charge is 0.485 e. The van der Waals surface area contributed by atoms with Gasteiger partial charge in [0.1, 0.15) is 18.2 Å². The third-order valence-corrected chi connectivity index (χ3v) is 6.46. The van der Waals surface area contributed by atoms with Crippen LogP contribution in [0.15, 0.2) is 70.6 Å². The Morgan fingerprint density at radius 1 is 1.00 bits per heavy atom. The van der Waals surface area contributed by atoms with E-state index in [-0.39, 0.29) is 5.56 Å². The standard InChI is InChI=1S/C24H21N5O2S/c1-15-17-8-4-3-7-16(17)11-12-20(15)31-13-22-27-28-24(29(22)2)32-14-21-25-19-10-6-5-9-18(19)23(30)26-21/h3-12H,13-14H2,1-2H3,(H,25,26,30). The predicted molar refractivity (Wildman–Crippen MR) is 126 cm³/mol. The number of benzene rings is 3. The van der Waals surface area contributed by atoms with Crippen molar-refractivity contribution in [3.05, 3.63) is 88.2 Å². The molecule has 0 fully saturated rings. The maximum absolute atomic E-state index is 12.3. The van der Waals surface area contributed by atoms with Gasteiger partial charge < -0.3 is 14.3 Å². The van der Waals surface area contributed by atoms with E-state index in [1.165, 1.54) is 22.5 Å². The van der Waals surface area contributed by atoms with Crippen LogP contribution in [0, 0.1) is 6.92 Å². The van der Waals surface area contributed by atoms with E-state index in [2.05, 4.69) is 45.3 Å². The quantitative estimate of drug-likeness (QED) is 0.392. The summed E-state index contributed by atoms with van der Waals surface area (Å²) in [5.41, 5.74) is 1.65. The number of ether oxygens (including phenoxy) is 1. The first-order valence-corrected chi connectivity index (χ1v) is 11.2. The molecule has 2 aromatic heterocycles. The summed E-state index contributed by atoms with van der Waals surface area (Å²) >= 11 is 1.47. The summed E-state index contributed by atoms with van der Waals surface area (Å²) in [7, 11) is 1.91. The lowest BCUT2D eigenvalue weighted by molar-refractivity contribution is 0.289. The minimum atomic E-state index is -0.135. The zero-order valence-corrected chi connectivity index (χ0v) is 18.5. The van der Waals surface area contributed by atoms with Crippen molar-refractivity contribution in [1.29, 1.82) is 0 Å². The fourth-order valence-corrected chi connectivity index (χ4v) is 4.44. The molecule has 1 N–H and O–H groups in total. The van der Waals surface area contributed by atoms with E-state index in [1.807, 2.05) is 48.0 Å². The van der Waals surface area contributed by atoms with E-state index in [0.29, 0.717) is 29.1 Å². The van der Waals surface area contributed by atoms with E-state index in [9.17, 15) is 4.79 Å². The van der Waals surface area contributed by atoms with E-state index >= 15 is 0 Å². The average Bonchev–Trinajstić information content (AvgIpc) is 3.17. The van der Waals surface area contributed by atoms with Crippen molar-refractivity contribution >= 4 is 33.4 Å².